The van der Waals surface area contributed by atoms with E-state index in [-0.39, 0.29) is 24.1 Å². The van der Waals surface area contributed by atoms with Crippen molar-refractivity contribution in [3.63, 3.8) is 0 Å². The standard InChI is InChI=1S/C9H14N5O5P/c1-5(2-19-4-20(16,17)18)14-3-11-6-7(14)12-9(10)13-8(6)15/h3,5H,2,4H2,1H3,(H2,16,17,18)(H3,10,12,13,15)/t5-/m0/s1. The second-order valence-electron chi connectivity index (χ2n) is 4.29. The van der Waals surface area contributed by atoms with E-state index in [1.165, 1.54) is 6.33 Å². The van der Waals surface area contributed by atoms with E-state index in [0.717, 1.165) is 0 Å². The van der Waals surface area contributed by atoms with Gasteiger partial charge in [0, 0.05) is 0 Å². The van der Waals surface area contributed by atoms with Crippen LogP contribution in [0.5, 0.6) is 0 Å². The molecule has 110 valence electrons. The summed E-state index contributed by atoms with van der Waals surface area (Å²) in [6, 6.07) is -0.319. The number of ether oxygens (including phenoxy) is 1. The molecule has 1 atom stereocenters. The molecule has 0 bridgehead atoms. The third-order valence-corrected chi connectivity index (χ3v) is 3.06. The molecule has 10 nitrogen and oxygen atoms in total. The normalized spacial score (nSPS) is 13.8. The van der Waals surface area contributed by atoms with Crippen LogP contribution in [0.3, 0.4) is 0 Å². The third-order valence-electron chi connectivity index (χ3n) is 2.54. The molecule has 0 spiro atoms. The minimum atomic E-state index is -4.20. The first-order chi connectivity index (χ1) is 9.28. The van der Waals surface area contributed by atoms with E-state index in [9.17, 15) is 9.36 Å². The summed E-state index contributed by atoms with van der Waals surface area (Å²) < 4.78 is 17.2. The zero-order valence-corrected chi connectivity index (χ0v) is 11.4. The van der Waals surface area contributed by atoms with Gasteiger partial charge in [-0.1, -0.05) is 0 Å². The second kappa shape index (κ2) is 5.33. The number of nitrogens with one attached hydrogen (secondary N) is 1. The Hall–Kier alpha value is -1.74. The van der Waals surface area contributed by atoms with E-state index in [1.54, 1.807) is 11.5 Å². The van der Waals surface area contributed by atoms with Crippen LogP contribution in [0.1, 0.15) is 13.0 Å². The third kappa shape index (κ3) is 3.23. The van der Waals surface area contributed by atoms with Crippen LogP contribution in [0, 0.1) is 0 Å². The van der Waals surface area contributed by atoms with Crippen LogP contribution < -0.4 is 11.3 Å². The van der Waals surface area contributed by atoms with Gasteiger partial charge in [-0.25, -0.2) is 4.98 Å². The minimum Gasteiger partial charge on any atom is -0.369 e. The molecule has 0 aliphatic rings. The Morgan fingerprint density at radius 2 is 2.30 bits per heavy atom. The Kier molecular flexibility index (Phi) is 3.91. The molecule has 2 rings (SSSR count). The maximum absolute atomic E-state index is 11.6. The van der Waals surface area contributed by atoms with Crippen LogP contribution in [-0.2, 0) is 9.30 Å². The SMILES string of the molecule is C[C@@H](COCP(=O)(O)O)n1cnc2c(=O)[nH]c(N)nc21. The van der Waals surface area contributed by atoms with Gasteiger partial charge in [-0.2, -0.15) is 4.98 Å². The zero-order chi connectivity index (χ0) is 14.9. The number of hydrogen-bond donors (Lipinski definition) is 4. The van der Waals surface area contributed by atoms with Crippen molar-refractivity contribution in [1.29, 1.82) is 0 Å². The zero-order valence-electron chi connectivity index (χ0n) is 10.6. The summed E-state index contributed by atoms with van der Waals surface area (Å²) in [6.45, 7) is 1.77. The Bertz CT molecular complexity index is 719. The van der Waals surface area contributed by atoms with Crippen LogP contribution >= 0.6 is 7.60 Å². The van der Waals surface area contributed by atoms with Crippen molar-refractivity contribution in [1.82, 2.24) is 19.5 Å². The van der Waals surface area contributed by atoms with Crippen molar-refractivity contribution in [2.75, 3.05) is 18.7 Å². The van der Waals surface area contributed by atoms with E-state index in [0.29, 0.717) is 5.65 Å². The fourth-order valence-corrected chi connectivity index (χ4v) is 2.03. The highest BCUT2D eigenvalue weighted by Crippen LogP contribution is 2.34. The predicted octanol–water partition coefficient (Wildman–Crippen LogP) is -0.585. The fourth-order valence-electron chi connectivity index (χ4n) is 1.69. The van der Waals surface area contributed by atoms with Crippen molar-refractivity contribution >= 4 is 24.7 Å². The molecule has 0 radical (unpaired) electrons. The van der Waals surface area contributed by atoms with Crippen LogP contribution in [0.4, 0.5) is 5.95 Å². The molecule has 0 unspecified atom stereocenters. The first-order valence-electron chi connectivity index (χ1n) is 5.62. The number of hydrogen-bond acceptors (Lipinski definition) is 6. The molecule has 0 saturated carbocycles. The summed E-state index contributed by atoms with van der Waals surface area (Å²) >= 11 is 0. The van der Waals surface area contributed by atoms with E-state index in [1.807, 2.05) is 0 Å². The highest BCUT2D eigenvalue weighted by atomic mass is 31.2. The van der Waals surface area contributed by atoms with Gasteiger partial charge in [0.05, 0.1) is 19.0 Å². The summed E-state index contributed by atoms with van der Waals surface area (Å²) in [4.78, 5) is 39.2. The Morgan fingerprint density at radius 1 is 1.60 bits per heavy atom. The van der Waals surface area contributed by atoms with E-state index < -0.39 is 19.5 Å². The number of anilines is 1. The van der Waals surface area contributed by atoms with Crippen molar-refractivity contribution in [2.45, 2.75) is 13.0 Å². The van der Waals surface area contributed by atoms with Crippen molar-refractivity contribution in [2.24, 2.45) is 0 Å². The van der Waals surface area contributed by atoms with Gasteiger partial charge in [-0.15, -0.1) is 0 Å². The maximum atomic E-state index is 11.6. The fraction of sp³-hybridized carbons (Fsp3) is 0.444. The Balaban J connectivity index is 2.20. The molecule has 0 fully saturated rings. The highest BCUT2D eigenvalue weighted by Gasteiger charge is 2.17. The molecule has 5 N–H and O–H groups in total. The summed E-state index contributed by atoms with van der Waals surface area (Å²) in [6.07, 6.45) is 0.734. The summed E-state index contributed by atoms with van der Waals surface area (Å²) in [5, 5.41) is 0. The molecular weight excluding hydrogens is 289 g/mol. The maximum Gasteiger partial charge on any atom is 0.350 e. The van der Waals surface area contributed by atoms with E-state index >= 15 is 0 Å². The van der Waals surface area contributed by atoms with Gasteiger partial charge >= 0.3 is 7.60 Å². The number of nitrogens with zero attached hydrogens (tertiary/aromatic N) is 3. The lowest BCUT2D eigenvalue weighted by atomic mass is 10.3. The highest BCUT2D eigenvalue weighted by molar-refractivity contribution is 7.51. The second-order valence-corrected chi connectivity index (χ2v) is 5.88. The largest absolute Gasteiger partial charge is 0.369 e. The Morgan fingerprint density at radius 3 is 2.95 bits per heavy atom. The monoisotopic (exact) mass is 303 g/mol. The van der Waals surface area contributed by atoms with Gasteiger partial charge in [0.1, 0.15) is 6.35 Å². The number of aromatic nitrogens is 4. The van der Waals surface area contributed by atoms with Gasteiger partial charge in [0.25, 0.3) is 5.56 Å². The number of imidazole rings is 1. The molecule has 2 heterocycles. The minimum absolute atomic E-state index is 0.0327. The molecule has 0 aliphatic heterocycles. The smallest absolute Gasteiger partial charge is 0.350 e. The van der Waals surface area contributed by atoms with Crippen LogP contribution in [0.15, 0.2) is 11.1 Å². The lowest BCUT2D eigenvalue weighted by Gasteiger charge is -2.14. The van der Waals surface area contributed by atoms with Crippen molar-refractivity contribution in [3.8, 4) is 0 Å². The van der Waals surface area contributed by atoms with Gasteiger partial charge < -0.3 is 24.8 Å². The quantitative estimate of drug-likeness (QED) is 0.534. The molecule has 11 heteroatoms. The molecule has 0 aromatic carbocycles. The van der Waals surface area contributed by atoms with Crippen molar-refractivity contribution in [3.05, 3.63) is 16.7 Å². The number of rotatable bonds is 5. The average molecular weight is 303 g/mol. The number of fused-ring (bicyclic) bond motifs is 1. The lowest BCUT2D eigenvalue weighted by molar-refractivity contribution is 0.130. The molecule has 2 aromatic rings. The topological polar surface area (TPSA) is 156 Å². The summed E-state index contributed by atoms with van der Waals surface area (Å²) in [5.74, 6) is -0.0346. The van der Waals surface area contributed by atoms with Gasteiger partial charge in [-0.3, -0.25) is 14.3 Å². The predicted molar refractivity (Wildman–Crippen MR) is 70.1 cm³/mol. The molecule has 20 heavy (non-hydrogen) atoms. The summed E-state index contributed by atoms with van der Waals surface area (Å²) in [7, 11) is -4.20. The summed E-state index contributed by atoms with van der Waals surface area (Å²) in [5.41, 5.74) is 5.45. The molecule has 0 amide bonds. The average Bonchev–Trinajstić information content (AvgIpc) is 2.70. The molecule has 2 aromatic heterocycles. The molecule has 0 aliphatic carbocycles. The van der Waals surface area contributed by atoms with Gasteiger partial charge in [0.2, 0.25) is 5.95 Å². The number of aromatic amines is 1. The van der Waals surface area contributed by atoms with Gasteiger partial charge in [0.15, 0.2) is 11.2 Å². The van der Waals surface area contributed by atoms with Crippen LogP contribution in [-0.4, -0.2) is 42.3 Å². The van der Waals surface area contributed by atoms with Crippen molar-refractivity contribution < 1.29 is 19.1 Å². The molecule has 0 saturated heterocycles. The van der Waals surface area contributed by atoms with E-state index in [2.05, 4.69) is 15.0 Å². The molecular formula is C9H14N5O5P. The first-order valence-corrected chi connectivity index (χ1v) is 7.42. The Labute approximate surface area is 112 Å². The first kappa shape index (κ1) is 14.7. The van der Waals surface area contributed by atoms with Gasteiger partial charge in [-0.05, 0) is 6.92 Å². The van der Waals surface area contributed by atoms with E-state index in [4.69, 9.17) is 20.3 Å². The van der Waals surface area contributed by atoms with Crippen LogP contribution in [0.25, 0.3) is 11.2 Å². The van der Waals surface area contributed by atoms with Crippen LogP contribution in [0.2, 0.25) is 0 Å². The number of nitrogen functional groups attached to an aromatic ring is 1. The lowest BCUT2D eigenvalue weighted by Crippen LogP contribution is -2.15. The number of nitrogens with two attached hydrogens (primary N) is 1. The number of H-pyrrole nitrogens is 1.